The van der Waals surface area contributed by atoms with Crippen LogP contribution >= 0.6 is 11.3 Å². The first kappa shape index (κ1) is 16.0. The van der Waals surface area contributed by atoms with Crippen LogP contribution in [0.15, 0.2) is 23.6 Å². The Balaban J connectivity index is 1.74. The summed E-state index contributed by atoms with van der Waals surface area (Å²) in [6, 6.07) is 4.42. The maximum atomic E-state index is 13.5. The highest BCUT2D eigenvalue weighted by Gasteiger charge is 2.19. The van der Waals surface area contributed by atoms with Crippen LogP contribution in [0, 0.1) is 12.7 Å². The number of carbonyl (C=O) groups excluding carboxylic acids is 1. The number of aromatic hydroxyl groups is 1. The zero-order valence-electron chi connectivity index (χ0n) is 13.1. The molecule has 0 atom stereocenters. The molecule has 3 nitrogen and oxygen atoms in total. The summed E-state index contributed by atoms with van der Waals surface area (Å²) < 4.78 is 13.5. The van der Waals surface area contributed by atoms with Crippen molar-refractivity contribution in [3.8, 4) is 5.75 Å². The Morgan fingerprint density at radius 3 is 2.74 bits per heavy atom. The van der Waals surface area contributed by atoms with Crippen LogP contribution in [0.5, 0.6) is 5.75 Å². The Kier molecular flexibility index (Phi) is 4.66. The van der Waals surface area contributed by atoms with Gasteiger partial charge in [0.05, 0.1) is 5.56 Å². The Labute approximate surface area is 139 Å². The second-order valence-electron chi connectivity index (χ2n) is 6.15. The number of phenolic OH excluding ortho intramolecular Hbond substituents is 1. The molecule has 0 bridgehead atoms. The lowest BCUT2D eigenvalue weighted by Crippen LogP contribution is -2.12. The largest absolute Gasteiger partial charge is 0.505 e. The van der Waals surface area contributed by atoms with Crippen LogP contribution in [0.1, 0.15) is 58.8 Å². The van der Waals surface area contributed by atoms with Crippen molar-refractivity contribution in [1.29, 1.82) is 0 Å². The Morgan fingerprint density at radius 1 is 1.26 bits per heavy atom. The van der Waals surface area contributed by atoms with Gasteiger partial charge in [-0.1, -0.05) is 19.3 Å². The van der Waals surface area contributed by atoms with E-state index in [-0.39, 0.29) is 5.91 Å². The van der Waals surface area contributed by atoms with E-state index in [0.717, 1.165) is 6.07 Å². The molecule has 1 fully saturated rings. The van der Waals surface area contributed by atoms with E-state index >= 15 is 0 Å². The van der Waals surface area contributed by atoms with E-state index in [9.17, 15) is 14.3 Å². The van der Waals surface area contributed by atoms with Crippen LogP contribution in [0.4, 0.5) is 10.1 Å². The first-order valence-corrected chi connectivity index (χ1v) is 8.81. The van der Waals surface area contributed by atoms with E-state index in [1.807, 2.05) is 11.4 Å². The van der Waals surface area contributed by atoms with Gasteiger partial charge in [-0.05, 0) is 43.4 Å². The van der Waals surface area contributed by atoms with Crippen molar-refractivity contribution < 1.29 is 14.3 Å². The van der Waals surface area contributed by atoms with Gasteiger partial charge in [0.25, 0.3) is 5.91 Å². The SMILES string of the molecule is Cc1cc(O)c(F)cc1NC(=O)c1csc(C2CCCCC2)c1. The quantitative estimate of drug-likeness (QED) is 0.758. The normalized spacial score (nSPS) is 15.6. The van der Waals surface area contributed by atoms with Gasteiger partial charge in [0, 0.05) is 22.0 Å². The van der Waals surface area contributed by atoms with Gasteiger partial charge in [0.2, 0.25) is 0 Å². The van der Waals surface area contributed by atoms with Gasteiger partial charge in [-0.2, -0.15) is 0 Å². The van der Waals surface area contributed by atoms with Crippen molar-refractivity contribution in [3.05, 3.63) is 45.4 Å². The lowest BCUT2D eigenvalue weighted by atomic mass is 9.88. The zero-order chi connectivity index (χ0) is 16.4. The molecule has 122 valence electrons. The van der Waals surface area contributed by atoms with Crippen molar-refractivity contribution in [2.24, 2.45) is 0 Å². The fourth-order valence-electron chi connectivity index (χ4n) is 3.07. The van der Waals surface area contributed by atoms with Crippen LogP contribution < -0.4 is 5.32 Å². The average molecular weight is 333 g/mol. The molecule has 1 aliphatic rings. The zero-order valence-corrected chi connectivity index (χ0v) is 13.9. The number of nitrogens with one attached hydrogen (secondary N) is 1. The number of anilines is 1. The molecule has 0 spiro atoms. The van der Waals surface area contributed by atoms with Crippen molar-refractivity contribution in [2.75, 3.05) is 5.32 Å². The highest BCUT2D eigenvalue weighted by atomic mass is 32.1. The van der Waals surface area contributed by atoms with Gasteiger partial charge < -0.3 is 10.4 Å². The third-order valence-electron chi connectivity index (χ3n) is 4.43. The summed E-state index contributed by atoms with van der Waals surface area (Å²) in [5.41, 5.74) is 1.62. The maximum absolute atomic E-state index is 13.5. The predicted octanol–water partition coefficient (Wildman–Crippen LogP) is 5.20. The molecular formula is C18H20FNO2S. The summed E-state index contributed by atoms with van der Waals surface area (Å²) in [7, 11) is 0. The fourth-order valence-corrected chi connectivity index (χ4v) is 4.13. The average Bonchev–Trinajstić information content (AvgIpc) is 3.03. The van der Waals surface area contributed by atoms with Gasteiger partial charge in [-0.15, -0.1) is 11.3 Å². The van der Waals surface area contributed by atoms with E-state index < -0.39 is 11.6 Å². The predicted molar refractivity (Wildman–Crippen MR) is 90.9 cm³/mol. The van der Waals surface area contributed by atoms with Gasteiger partial charge in [0.1, 0.15) is 0 Å². The van der Waals surface area contributed by atoms with Crippen LogP contribution in [-0.2, 0) is 0 Å². The summed E-state index contributed by atoms with van der Waals surface area (Å²) in [5, 5.41) is 13.9. The van der Waals surface area contributed by atoms with E-state index in [1.165, 1.54) is 43.0 Å². The molecule has 1 aromatic heterocycles. The fraction of sp³-hybridized carbons (Fsp3) is 0.389. The van der Waals surface area contributed by atoms with E-state index in [1.54, 1.807) is 18.3 Å². The summed E-state index contributed by atoms with van der Waals surface area (Å²) in [5.74, 6) is -0.811. The standard InChI is InChI=1S/C18H20FNO2S/c1-11-7-16(21)14(19)9-15(11)20-18(22)13-8-17(23-10-13)12-5-3-2-4-6-12/h7-10,12,21H,2-6H2,1H3,(H,20,22). The second kappa shape index (κ2) is 6.71. The highest BCUT2D eigenvalue weighted by Crippen LogP contribution is 2.36. The topological polar surface area (TPSA) is 49.3 Å². The molecule has 1 heterocycles. The van der Waals surface area contributed by atoms with Crippen LogP contribution in [0.2, 0.25) is 0 Å². The maximum Gasteiger partial charge on any atom is 0.256 e. The van der Waals surface area contributed by atoms with E-state index in [0.29, 0.717) is 22.7 Å². The van der Waals surface area contributed by atoms with Gasteiger partial charge >= 0.3 is 0 Å². The number of hydrogen-bond acceptors (Lipinski definition) is 3. The number of carbonyl (C=O) groups is 1. The molecule has 1 amide bonds. The van der Waals surface area contributed by atoms with Crippen LogP contribution in [-0.4, -0.2) is 11.0 Å². The van der Waals surface area contributed by atoms with Gasteiger partial charge in [-0.3, -0.25) is 4.79 Å². The third kappa shape index (κ3) is 3.55. The molecule has 23 heavy (non-hydrogen) atoms. The van der Waals surface area contributed by atoms with Crippen LogP contribution in [0.3, 0.4) is 0 Å². The number of aryl methyl sites for hydroxylation is 1. The lowest BCUT2D eigenvalue weighted by Gasteiger charge is -2.19. The Bertz CT molecular complexity index is 720. The molecule has 2 aromatic rings. The number of rotatable bonds is 3. The van der Waals surface area contributed by atoms with Crippen molar-refractivity contribution in [3.63, 3.8) is 0 Å². The van der Waals surface area contributed by atoms with E-state index in [4.69, 9.17) is 0 Å². The second-order valence-corrected chi connectivity index (χ2v) is 7.09. The molecule has 0 unspecified atom stereocenters. The molecule has 3 rings (SSSR count). The number of phenols is 1. The molecule has 1 saturated carbocycles. The highest BCUT2D eigenvalue weighted by molar-refractivity contribution is 7.10. The first-order valence-electron chi connectivity index (χ1n) is 7.93. The summed E-state index contributed by atoms with van der Waals surface area (Å²) in [4.78, 5) is 13.6. The monoisotopic (exact) mass is 333 g/mol. The Hall–Kier alpha value is -1.88. The molecule has 0 radical (unpaired) electrons. The number of benzene rings is 1. The van der Waals surface area contributed by atoms with Crippen LogP contribution in [0.25, 0.3) is 0 Å². The lowest BCUT2D eigenvalue weighted by molar-refractivity contribution is 0.102. The number of amides is 1. The molecule has 0 aliphatic heterocycles. The molecule has 0 saturated heterocycles. The van der Waals surface area contributed by atoms with Crippen molar-refractivity contribution >= 4 is 22.9 Å². The smallest absolute Gasteiger partial charge is 0.256 e. The number of hydrogen-bond donors (Lipinski definition) is 2. The minimum atomic E-state index is -0.737. The molecular weight excluding hydrogens is 313 g/mol. The van der Waals surface area contributed by atoms with Gasteiger partial charge in [0.15, 0.2) is 11.6 Å². The summed E-state index contributed by atoms with van der Waals surface area (Å²) in [6.07, 6.45) is 6.22. The minimum absolute atomic E-state index is 0.239. The van der Waals surface area contributed by atoms with Gasteiger partial charge in [-0.25, -0.2) is 4.39 Å². The summed E-state index contributed by atoms with van der Waals surface area (Å²) in [6.45, 7) is 1.72. The Morgan fingerprint density at radius 2 is 2.00 bits per heavy atom. The number of halogens is 1. The molecule has 5 heteroatoms. The molecule has 2 N–H and O–H groups in total. The number of thiophene rings is 1. The summed E-state index contributed by atoms with van der Waals surface area (Å²) >= 11 is 1.63. The van der Waals surface area contributed by atoms with E-state index in [2.05, 4.69) is 5.32 Å². The molecule has 1 aliphatic carbocycles. The van der Waals surface area contributed by atoms with Crippen molar-refractivity contribution in [2.45, 2.75) is 44.9 Å². The van der Waals surface area contributed by atoms with Crippen molar-refractivity contribution in [1.82, 2.24) is 0 Å². The third-order valence-corrected chi connectivity index (χ3v) is 5.53. The minimum Gasteiger partial charge on any atom is -0.505 e. The molecule has 1 aromatic carbocycles. The first-order chi connectivity index (χ1) is 11.0.